The number of hydrogen-bond acceptors (Lipinski definition) is 3. The highest BCUT2D eigenvalue weighted by molar-refractivity contribution is 6.04. The first-order chi connectivity index (χ1) is 11.8. The molecule has 0 aliphatic rings. The second-order valence-corrected chi connectivity index (χ2v) is 5.39. The third kappa shape index (κ3) is 2.65. The van der Waals surface area contributed by atoms with E-state index in [1.165, 1.54) is 0 Å². The molecule has 0 bridgehead atoms. The summed E-state index contributed by atoms with van der Waals surface area (Å²) in [5.41, 5.74) is 3.96. The van der Waals surface area contributed by atoms with Gasteiger partial charge in [0.25, 0.3) is 5.91 Å². The number of hydrogen-bond donors (Lipinski definition) is 1. The van der Waals surface area contributed by atoms with Gasteiger partial charge < -0.3 is 9.73 Å². The van der Waals surface area contributed by atoms with Gasteiger partial charge in [0.2, 0.25) is 0 Å². The van der Waals surface area contributed by atoms with Crippen molar-refractivity contribution in [2.75, 3.05) is 5.32 Å². The van der Waals surface area contributed by atoms with Crippen molar-refractivity contribution in [1.82, 2.24) is 4.98 Å². The van der Waals surface area contributed by atoms with Crippen LogP contribution in [0.5, 0.6) is 0 Å². The zero-order valence-corrected chi connectivity index (χ0v) is 12.8. The standard InChI is InChI=1S/C20H14N2O2/c23-20(22-16-4-2-1-3-5-16)15-8-6-14(7-9-15)19-17-11-13-24-18(17)10-12-21-19/h1-13H,(H,22,23). The van der Waals surface area contributed by atoms with Gasteiger partial charge in [-0.25, -0.2) is 0 Å². The number of nitrogens with zero attached hydrogens (tertiary/aromatic N) is 1. The van der Waals surface area contributed by atoms with E-state index in [0.717, 1.165) is 27.9 Å². The first kappa shape index (κ1) is 14.2. The summed E-state index contributed by atoms with van der Waals surface area (Å²) in [6.45, 7) is 0. The fourth-order valence-electron chi connectivity index (χ4n) is 2.63. The molecule has 0 fully saturated rings. The normalized spacial score (nSPS) is 10.7. The number of furan rings is 1. The number of benzene rings is 2. The maximum Gasteiger partial charge on any atom is 0.255 e. The van der Waals surface area contributed by atoms with Crippen LogP contribution in [0.15, 0.2) is 83.6 Å². The Labute approximate surface area is 138 Å². The fraction of sp³-hybridized carbons (Fsp3) is 0. The molecule has 1 amide bonds. The third-order valence-corrected chi connectivity index (χ3v) is 3.83. The minimum Gasteiger partial charge on any atom is -0.464 e. The Morgan fingerprint density at radius 3 is 2.50 bits per heavy atom. The molecular weight excluding hydrogens is 300 g/mol. The molecule has 0 aliphatic heterocycles. The highest BCUT2D eigenvalue weighted by Gasteiger charge is 2.10. The van der Waals surface area contributed by atoms with Gasteiger partial charge in [0, 0.05) is 28.4 Å². The van der Waals surface area contributed by atoms with Gasteiger partial charge in [0.1, 0.15) is 5.58 Å². The van der Waals surface area contributed by atoms with Gasteiger partial charge >= 0.3 is 0 Å². The van der Waals surface area contributed by atoms with Gasteiger partial charge in [-0.3, -0.25) is 9.78 Å². The second kappa shape index (κ2) is 6.01. The molecule has 24 heavy (non-hydrogen) atoms. The molecule has 2 heterocycles. The lowest BCUT2D eigenvalue weighted by atomic mass is 10.1. The molecule has 0 spiro atoms. The van der Waals surface area contributed by atoms with E-state index >= 15 is 0 Å². The number of anilines is 1. The van der Waals surface area contributed by atoms with Gasteiger partial charge in [0.15, 0.2) is 0 Å². The molecular formula is C20H14N2O2. The smallest absolute Gasteiger partial charge is 0.255 e. The Balaban J connectivity index is 1.61. The van der Waals surface area contributed by atoms with Crippen molar-refractivity contribution in [2.24, 2.45) is 0 Å². The van der Waals surface area contributed by atoms with E-state index in [4.69, 9.17) is 4.42 Å². The number of fused-ring (bicyclic) bond motifs is 1. The van der Waals surface area contributed by atoms with Crippen LogP contribution in [0.25, 0.3) is 22.2 Å². The molecule has 116 valence electrons. The van der Waals surface area contributed by atoms with Gasteiger partial charge in [-0.1, -0.05) is 30.3 Å². The number of rotatable bonds is 3. The predicted molar refractivity (Wildman–Crippen MR) is 93.8 cm³/mol. The lowest BCUT2D eigenvalue weighted by Gasteiger charge is -2.06. The summed E-state index contributed by atoms with van der Waals surface area (Å²) in [4.78, 5) is 16.7. The zero-order chi connectivity index (χ0) is 16.4. The number of pyridine rings is 1. The zero-order valence-electron chi connectivity index (χ0n) is 12.8. The van der Waals surface area contributed by atoms with E-state index < -0.39 is 0 Å². The predicted octanol–water partition coefficient (Wildman–Crippen LogP) is 4.75. The van der Waals surface area contributed by atoms with Crippen LogP contribution < -0.4 is 5.32 Å². The Morgan fingerprint density at radius 2 is 1.71 bits per heavy atom. The van der Waals surface area contributed by atoms with Crippen molar-refractivity contribution in [3.63, 3.8) is 0 Å². The first-order valence-electron chi connectivity index (χ1n) is 7.60. The molecule has 1 N–H and O–H groups in total. The molecule has 2 aromatic carbocycles. The van der Waals surface area contributed by atoms with Crippen LogP contribution in [-0.4, -0.2) is 10.9 Å². The molecule has 0 saturated heterocycles. The van der Waals surface area contributed by atoms with Gasteiger partial charge in [-0.05, 0) is 36.4 Å². The Hall–Kier alpha value is -3.40. The molecule has 0 saturated carbocycles. The van der Waals surface area contributed by atoms with Crippen LogP contribution in [0.3, 0.4) is 0 Å². The lowest BCUT2D eigenvalue weighted by molar-refractivity contribution is 0.102. The van der Waals surface area contributed by atoms with Crippen LogP contribution in [0.1, 0.15) is 10.4 Å². The Bertz CT molecular complexity index is 989. The average molecular weight is 314 g/mol. The minimum atomic E-state index is -0.137. The van der Waals surface area contributed by atoms with Crippen molar-refractivity contribution < 1.29 is 9.21 Å². The minimum absolute atomic E-state index is 0.137. The van der Waals surface area contributed by atoms with Crippen LogP contribution in [0.2, 0.25) is 0 Å². The molecule has 4 heteroatoms. The summed E-state index contributed by atoms with van der Waals surface area (Å²) in [7, 11) is 0. The van der Waals surface area contributed by atoms with Gasteiger partial charge in [-0.2, -0.15) is 0 Å². The van der Waals surface area contributed by atoms with E-state index in [1.54, 1.807) is 24.6 Å². The van der Waals surface area contributed by atoms with Crippen molar-refractivity contribution in [2.45, 2.75) is 0 Å². The Morgan fingerprint density at radius 1 is 0.917 bits per heavy atom. The third-order valence-electron chi connectivity index (χ3n) is 3.83. The number of carbonyl (C=O) groups excluding carboxylic acids is 1. The monoisotopic (exact) mass is 314 g/mol. The fourth-order valence-corrected chi connectivity index (χ4v) is 2.63. The largest absolute Gasteiger partial charge is 0.464 e. The van der Waals surface area contributed by atoms with Crippen molar-refractivity contribution in [1.29, 1.82) is 0 Å². The van der Waals surface area contributed by atoms with Gasteiger partial charge in [0.05, 0.1) is 12.0 Å². The molecule has 4 aromatic rings. The summed E-state index contributed by atoms with van der Waals surface area (Å²) < 4.78 is 5.40. The molecule has 4 rings (SSSR count). The van der Waals surface area contributed by atoms with Crippen molar-refractivity contribution in [3.05, 3.63) is 84.8 Å². The topological polar surface area (TPSA) is 55.1 Å². The molecule has 0 radical (unpaired) electrons. The second-order valence-electron chi connectivity index (χ2n) is 5.39. The Kier molecular flexibility index (Phi) is 3.56. The highest BCUT2D eigenvalue weighted by Crippen LogP contribution is 2.27. The summed E-state index contributed by atoms with van der Waals surface area (Å²) in [6, 6.07) is 20.5. The summed E-state index contributed by atoms with van der Waals surface area (Å²) in [5, 5.41) is 3.83. The van der Waals surface area contributed by atoms with E-state index in [0.29, 0.717) is 5.56 Å². The maximum absolute atomic E-state index is 12.3. The number of nitrogens with one attached hydrogen (secondary N) is 1. The summed E-state index contributed by atoms with van der Waals surface area (Å²) in [6.07, 6.45) is 3.37. The average Bonchev–Trinajstić information content (AvgIpc) is 3.11. The van der Waals surface area contributed by atoms with Gasteiger partial charge in [-0.15, -0.1) is 0 Å². The molecule has 2 aromatic heterocycles. The quantitative estimate of drug-likeness (QED) is 0.594. The van der Waals surface area contributed by atoms with Crippen LogP contribution >= 0.6 is 0 Å². The van der Waals surface area contributed by atoms with E-state index in [2.05, 4.69) is 10.3 Å². The lowest BCUT2D eigenvalue weighted by Crippen LogP contribution is -2.11. The maximum atomic E-state index is 12.3. The first-order valence-corrected chi connectivity index (χ1v) is 7.60. The highest BCUT2D eigenvalue weighted by atomic mass is 16.3. The van der Waals surface area contributed by atoms with Crippen LogP contribution in [0.4, 0.5) is 5.69 Å². The number of carbonyl (C=O) groups is 1. The number of para-hydroxylation sites is 1. The molecule has 0 atom stereocenters. The van der Waals surface area contributed by atoms with Crippen molar-refractivity contribution in [3.8, 4) is 11.3 Å². The van der Waals surface area contributed by atoms with E-state index in [1.807, 2.05) is 54.6 Å². The van der Waals surface area contributed by atoms with Crippen LogP contribution in [-0.2, 0) is 0 Å². The van der Waals surface area contributed by atoms with E-state index in [-0.39, 0.29) is 5.91 Å². The number of amides is 1. The molecule has 0 aliphatic carbocycles. The summed E-state index contributed by atoms with van der Waals surface area (Å²) >= 11 is 0. The SMILES string of the molecule is O=C(Nc1ccccc1)c1ccc(-c2nccc3occc23)cc1. The van der Waals surface area contributed by atoms with Crippen LogP contribution in [0, 0.1) is 0 Å². The molecule has 0 unspecified atom stereocenters. The number of aromatic nitrogens is 1. The molecule has 4 nitrogen and oxygen atoms in total. The summed E-state index contributed by atoms with van der Waals surface area (Å²) in [5.74, 6) is -0.137. The van der Waals surface area contributed by atoms with E-state index in [9.17, 15) is 4.79 Å². The van der Waals surface area contributed by atoms with Crippen molar-refractivity contribution >= 4 is 22.6 Å².